The van der Waals surface area contributed by atoms with Crippen molar-refractivity contribution in [3.8, 4) is 22.1 Å². The first-order valence-electron chi connectivity index (χ1n) is 8.90. The maximum atomic E-state index is 12.4. The number of fused-ring (bicyclic) bond motifs is 1. The van der Waals surface area contributed by atoms with Crippen molar-refractivity contribution < 1.29 is 14.3 Å². The molecular weight excluding hydrogens is 390 g/mol. The molecule has 0 atom stereocenters. The van der Waals surface area contributed by atoms with Crippen molar-refractivity contribution in [2.75, 3.05) is 19.0 Å². The second-order valence-electron chi connectivity index (χ2n) is 6.42. The molecule has 9 heteroatoms. The molecule has 4 rings (SSSR count). The molecule has 0 saturated heterocycles. The highest BCUT2D eigenvalue weighted by molar-refractivity contribution is 7.19. The van der Waals surface area contributed by atoms with E-state index >= 15 is 0 Å². The molecule has 0 spiro atoms. The summed E-state index contributed by atoms with van der Waals surface area (Å²) in [5.41, 5.74) is 2.46. The smallest absolute Gasteiger partial charge is 0.262 e. The van der Waals surface area contributed by atoms with E-state index < -0.39 is 0 Å². The van der Waals surface area contributed by atoms with Crippen molar-refractivity contribution in [1.82, 2.24) is 19.8 Å². The SMILES string of the molecule is COc1ccc(-c2nn3c(C)nnc3s2)cc1NC(=O)COc1cccc(C)c1. The fourth-order valence-electron chi connectivity index (χ4n) is 2.81. The molecule has 0 aliphatic heterocycles. The third-order valence-electron chi connectivity index (χ3n) is 4.23. The summed E-state index contributed by atoms with van der Waals surface area (Å²) in [4.78, 5) is 13.1. The Morgan fingerprint density at radius 3 is 2.79 bits per heavy atom. The van der Waals surface area contributed by atoms with Crippen LogP contribution in [-0.2, 0) is 4.79 Å². The molecule has 0 aliphatic rings. The molecule has 1 N–H and O–H groups in total. The highest BCUT2D eigenvalue weighted by Gasteiger charge is 2.14. The summed E-state index contributed by atoms with van der Waals surface area (Å²) >= 11 is 1.42. The number of carbonyl (C=O) groups is 1. The van der Waals surface area contributed by atoms with Crippen LogP contribution in [0.4, 0.5) is 5.69 Å². The first-order valence-corrected chi connectivity index (χ1v) is 9.72. The van der Waals surface area contributed by atoms with E-state index in [0.717, 1.165) is 22.0 Å². The molecule has 29 heavy (non-hydrogen) atoms. The van der Waals surface area contributed by atoms with Crippen LogP contribution < -0.4 is 14.8 Å². The number of hydrogen-bond acceptors (Lipinski definition) is 7. The lowest BCUT2D eigenvalue weighted by Gasteiger charge is -2.12. The van der Waals surface area contributed by atoms with Gasteiger partial charge in [0.2, 0.25) is 4.96 Å². The largest absolute Gasteiger partial charge is 0.495 e. The topological polar surface area (TPSA) is 90.6 Å². The summed E-state index contributed by atoms with van der Waals surface area (Å²) in [6.07, 6.45) is 0. The van der Waals surface area contributed by atoms with Gasteiger partial charge in [-0.15, -0.1) is 10.2 Å². The van der Waals surface area contributed by atoms with Gasteiger partial charge >= 0.3 is 0 Å². The molecule has 0 saturated carbocycles. The number of aromatic nitrogens is 4. The average molecular weight is 409 g/mol. The number of hydrogen-bond donors (Lipinski definition) is 1. The Morgan fingerprint density at radius 1 is 1.17 bits per heavy atom. The Kier molecular flexibility index (Phi) is 5.13. The van der Waals surface area contributed by atoms with Gasteiger partial charge in [-0.25, -0.2) is 0 Å². The summed E-state index contributed by atoms with van der Waals surface area (Å²) < 4.78 is 12.6. The van der Waals surface area contributed by atoms with Gasteiger partial charge in [-0.05, 0) is 49.7 Å². The van der Waals surface area contributed by atoms with E-state index in [1.54, 1.807) is 17.7 Å². The second kappa shape index (κ2) is 7.88. The van der Waals surface area contributed by atoms with Gasteiger partial charge in [0.25, 0.3) is 5.91 Å². The highest BCUT2D eigenvalue weighted by Crippen LogP contribution is 2.32. The third kappa shape index (κ3) is 4.04. The van der Waals surface area contributed by atoms with Crippen molar-refractivity contribution in [1.29, 1.82) is 0 Å². The van der Waals surface area contributed by atoms with Gasteiger partial charge in [-0.1, -0.05) is 23.5 Å². The molecule has 2 heterocycles. The Balaban J connectivity index is 1.52. The van der Waals surface area contributed by atoms with Crippen LogP contribution in [-0.4, -0.2) is 39.4 Å². The Bertz CT molecular complexity index is 1180. The number of ether oxygens (including phenoxy) is 2. The number of carbonyl (C=O) groups excluding carboxylic acids is 1. The lowest BCUT2D eigenvalue weighted by molar-refractivity contribution is -0.118. The van der Waals surface area contributed by atoms with Crippen LogP contribution in [0.2, 0.25) is 0 Å². The maximum Gasteiger partial charge on any atom is 0.262 e. The number of nitrogens with one attached hydrogen (secondary N) is 1. The van der Waals surface area contributed by atoms with E-state index in [1.165, 1.54) is 11.3 Å². The molecule has 0 unspecified atom stereocenters. The Morgan fingerprint density at radius 2 is 2.03 bits per heavy atom. The van der Waals surface area contributed by atoms with Crippen molar-refractivity contribution in [3.05, 3.63) is 53.9 Å². The van der Waals surface area contributed by atoms with E-state index in [4.69, 9.17) is 9.47 Å². The number of methoxy groups -OCH3 is 1. The zero-order valence-corrected chi connectivity index (χ0v) is 17.0. The fraction of sp³-hybridized carbons (Fsp3) is 0.200. The van der Waals surface area contributed by atoms with Crippen molar-refractivity contribution in [3.63, 3.8) is 0 Å². The van der Waals surface area contributed by atoms with Crippen LogP contribution in [0, 0.1) is 13.8 Å². The summed E-state index contributed by atoms with van der Waals surface area (Å²) in [5.74, 6) is 1.64. The van der Waals surface area contributed by atoms with E-state index in [0.29, 0.717) is 22.1 Å². The van der Waals surface area contributed by atoms with E-state index in [9.17, 15) is 4.79 Å². The zero-order valence-electron chi connectivity index (χ0n) is 16.2. The zero-order chi connectivity index (χ0) is 20.4. The van der Waals surface area contributed by atoms with Crippen LogP contribution in [0.3, 0.4) is 0 Å². The summed E-state index contributed by atoms with van der Waals surface area (Å²) in [6.45, 7) is 3.71. The maximum absolute atomic E-state index is 12.4. The predicted octanol–water partition coefficient (Wildman–Crippen LogP) is 3.50. The summed E-state index contributed by atoms with van der Waals surface area (Å²) in [7, 11) is 1.56. The number of anilines is 1. The van der Waals surface area contributed by atoms with Crippen molar-refractivity contribution >= 4 is 27.9 Å². The molecule has 0 aliphatic carbocycles. The average Bonchev–Trinajstić information content (AvgIpc) is 3.29. The molecule has 8 nitrogen and oxygen atoms in total. The van der Waals surface area contributed by atoms with Gasteiger partial charge < -0.3 is 14.8 Å². The molecule has 0 fully saturated rings. The quantitative estimate of drug-likeness (QED) is 0.524. The summed E-state index contributed by atoms with van der Waals surface area (Å²) in [6, 6.07) is 13.1. The first kappa shape index (κ1) is 18.9. The lowest BCUT2D eigenvalue weighted by Crippen LogP contribution is -2.20. The monoisotopic (exact) mass is 409 g/mol. The van der Waals surface area contributed by atoms with Gasteiger partial charge in [0.05, 0.1) is 12.8 Å². The van der Waals surface area contributed by atoms with Gasteiger partial charge in [-0.2, -0.15) is 9.61 Å². The molecule has 4 aromatic rings. The van der Waals surface area contributed by atoms with Crippen LogP contribution in [0.25, 0.3) is 15.5 Å². The molecule has 2 aromatic heterocycles. The molecular formula is C20H19N5O3S. The minimum Gasteiger partial charge on any atom is -0.495 e. The number of rotatable bonds is 6. The molecule has 148 valence electrons. The second-order valence-corrected chi connectivity index (χ2v) is 7.37. The first-order chi connectivity index (χ1) is 14.0. The van der Waals surface area contributed by atoms with E-state index in [2.05, 4.69) is 20.6 Å². The molecule has 0 radical (unpaired) electrons. The van der Waals surface area contributed by atoms with Gasteiger partial charge in [0, 0.05) is 5.56 Å². The van der Waals surface area contributed by atoms with Gasteiger partial charge in [0.15, 0.2) is 12.4 Å². The lowest BCUT2D eigenvalue weighted by atomic mass is 10.2. The van der Waals surface area contributed by atoms with Crippen molar-refractivity contribution in [2.45, 2.75) is 13.8 Å². The number of nitrogens with zero attached hydrogens (tertiary/aromatic N) is 4. The molecule has 2 aromatic carbocycles. The third-order valence-corrected chi connectivity index (χ3v) is 5.17. The van der Waals surface area contributed by atoms with Crippen LogP contribution in [0.5, 0.6) is 11.5 Å². The predicted molar refractivity (Wildman–Crippen MR) is 111 cm³/mol. The minimum atomic E-state index is -0.282. The van der Waals surface area contributed by atoms with Crippen LogP contribution in [0.15, 0.2) is 42.5 Å². The number of aryl methyl sites for hydroxylation is 2. The standard InChI is InChI=1S/C20H19N5O3S/c1-12-5-4-6-15(9-12)28-11-18(26)21-16-10-14(7-8-17(16)27-3)19-24-25-13(2)22-23-20(25)29-19/h4-10H,11H2,1-3H3,(H,21,26). The highest BCUT2D eigenvalue weighted by atomic mass is 32.1. The van der Waals surface area contributed by atoms with Crippen LogP contribution in [0.1, 0.15) is 11.4 Å². The minimum absolute atomic E-state index is 0.104. The Labute approximate surface area is 171 Å². The molecule has 1 amide bonds. The Hall–Kier alpha value is -3.46. The normalized spacial score (nSPS) is 10.9. The van der Waals surface area contributed by atoms with Crippen LogP contribution >= 0.6 is 11.3 Å². The van der Waals surface area contributed by atoms with E-state index in [1.807, 2.05) is 50.2 Å². The fourth-order valence-corrected chi connectivity index (χ4v) is 3.69. The van der Waals surface area contributed by atoms with Gasteiger partial charge in [0.1, 0.15) is 16.5 Å². The van der Waals surface area contributed by atoms with Crippen molar-refractivity contribution in [2.24, 2.45) is 0 Å². The molecule has 0 bridgehead atoms. The number of benzene rings is 2. The van der Waals surface area contributed by atoms with E-state index in [-0.39, 0.29) is 12.5 Å². The van der Waals surface area contributed by atoms with Gasteiger partial charge in [-0.3, -0.25) is 4.79 Å². The summed E-state index contributed by atoms with van der Waals surface area (Å²) in [5, 5.41) is 16.2. The number of amides is 1.